The van der Waals surface area contributed by atoms with Gasteiger partial charge in [-0.1, -0.05) is 39.7 Å². The lowest BCUT2D eigenvalue weighted by atomic mass is 10.1. The van der Waals surface area contributed by atoms with Gasteiger partial charge in [0.2, 0.25) is 0 Å². The van der Waals surface area contributed by atoms with Crippen LogP contribution in [0.15, 0.2) is 59.1 Å². The highest BCUT2D eigenvalue weighted by molar-refractivity contribution is 9.10. The molecule has 3 rings (SSSR count). The fraction of sp³-hybridized carbons (Fsp3) is 0.0588. The zero-order chi connectivity index (χ0) is 14.8. The number of ether oxygens (including phenoxy) is 1. The molecule has 0 saturated carbocycles. The second kappa shape index (κ2) is 6.06. The van der Waals surface area contributed by atoms with Crippen LogP contribution in [0.25, 0.3) is 10.8 Å². The van der Waals surface area contributed by atoms with E-state index in [1.54, 1.807) is 18.2 Å². The van der Waals surface area contributed by atoms with E-state index in [-0.39, 0.29) is 6.61 Å². The highest BCUT2D eigenvalue weighted by atomic mass is 79.9. The summed E-state index contributed by atoms with van der Waals surface area (Å²) in [5, 5.41) is 12.2. The van der Waals surface area contributed by atoms with Crippen molar-refractivity contribution in [3.63, 3.8) is 0 Å². The first-order valence-electron chi connectivity index (χ1n) is 6.42. The second-order valence-corrected chi connectivity index (χ2v) is 6.02. The van der Waals surface area contributed by atoms with Crippen molar-refractivity contribution in [1.82, 2.24) is 0 Å². The van der Waals surface area contributed by atoms with E-state index in [4.69, 9.17) is 16.3 Å². The molecule has 0 saturated heterocycles. The third-order valence-corrected chi connectivity index (χ3v) is 3.92. The highest BCUT2D eigenvalue weighted by Gasteiger charge is 2.06. The Labute approximate surface area is 136 Å². The molecule has 0 unspecified atom stereocenters. The minimum absolute atomic E-state index is 0.115. The summed E-state index contributed by atoms with van der Waals surface area (Å²) >= 11 is 9.38. The van der Waals surface area contributed by atoms with Gasteiger partial charge in [0.1, 0.15) is 11.5 Å². The molecule has 0 radical (unpaired) electrons. The molecule has 0 aromatic heterocycles. The third kappa shape index (κ3) is 3.21. The van der Waals surface area contributed by atoms with Crippen LogP contribution in [0.1, 0.15) is 5.56 Å². The molecule has 0 fully saturated rings. The number of halogens is 2. The maximum Gasteiger partial charge on any atom is 0.133 e. The SMILES string of the molecule is OCc1cc(Cl)ccc1Oc1ccc2cc(Br)ccc2c1. The first-order chi connectivity index (χ1) is 10.2. The number of fused-ring (bicyclic) bond motifs is 1. The average molecular weight is 364 g/mol. The summed E-state index contributed by atoms with van der Waals surface area (Å²) in [7, 11) is 0. The van der Waals surface area contributed by atoms with E-state index in [0.29, 0.717) is 16.3 Å². The summed E-state index contributed by atoms with van der Waals surface area (Å²) in [6.45, 7) is -0.115. The van der Waals surface area contributed by atoms with Gasteiger partial charge < -0.3 is 9.84 Å². The van der Waals surface area contributed by atoms with Crippen molar-refractivity contribution in [3.8, 4) is 11.5 Å². The van der Waals surface area contributed by atoms with Gasteiger partial charge in [0.15, 0.2) is 0 Å². The lowest BCUT2D eigenvalue weighted by Gasteiger charge is -2.11. The van der Waals surface area contributed by atoms with Gasteiger partial charge in [-0.15, -0.1) is 0 Å². The van der Waals surface area contributed by atoms with Crippen molar-refractivity contribution in [2.75, 3.05) is 0 Å². The Morgan fingerprint density at radius 1 is 0.952 bits per heavy atom. The molecule has 0 heterocycles. The van der Waals surface area contributed by atoms with Crippen molar-refractivity contribution in [1.29, 1.82) is 0 Å². The van der Waals surface area contributed by atoms with Crippen LogP contribution in [-0.4, -0.2) is 5.11 Å². The van der Waals surface area contributed by atoms with Crippen LogP contribution in [0.3, 0.4) is 0 Å². The molecular formula is C17H12BrClO2. The molecule has 2 nitrogen and oxygen atoms in total. The molecule has 4 heteroatoms. The lowest BCUT2D eigenvalue weighted by Crippen LogP contribution is -1.91. The molecule has 3 aromatic rings. The molecule has 0 amide bonds. The molecular weight excluding hydrogens is 352 g/mol. The van der Waals surface area contributed by atoms with Gasteiger partial charge in [-0.25, -0.2) is 0 Å². The topological polar surface area (TPSA) is 29.5 Å². The Hall–Kier alpha value is -1.55. The predicted molar refractivity (Wildman–Crippen MR) is 89.1 cm³/mol. The zero-order valence-corrected chi connectivity index (χ0v) is 13.4. The van der Waals surface area contributed by atoms with E-state index in [0.717, 1.165) is 21.0 Å². The van der Waals surface area contributed by atoms with Gasteiger partial charge in [0, 0.05) is 15.1 Å². The van der Waals surface area contributed by atoms with Crippen LogP contribution in [-0.2, 0) is 6.61 Å². The monoisotopic (exact) mass is 362 g/mol. The second-order valence-electron chi connectivity index (χ2n) is 4.67. The van der Waals surface area contributed by atoms with Crippen LogP contribution in [0, 0.1) is 0 Å². The largest absolute Gasteiger partial charge is 0.457 e. The average Bonchev–Trinajstić information content (AvgIpc) is 2.49. The standard InChI is InChI=1S/C17H12BrClO2/c18-14-3-1-12-9-16(5-2-11(12)7-14)21-17-6-4-15(19)8-13(17)10-20/h1-9,20H,10H2. The molecule has 0 aliphatic rings. The van der Waals surface area contributed by atoms with Crippen LogP contribution in [0.5, 0.6) is 11.5 Å². The summed E-state index contributed by atoms with van der Waals surface area (Å²) in [5.41, 5.74) is 0.665. The minimum Gasteiger partial charge on any atom is -0.457 e. The van der Waals surface area contributed by atoms with Crippen LogP contribution >= 0.6 is 27.5 Å². The number of benzene rings is 3. The van der Waals surface area contributed by atoms with Gasteiger partial charge in [0.25, 0.3) is 0 Å². The third-order valence-electron chi connectivity index (χ3n) is 3.19. The quantitative estimate of drug-likeness (QED) is 0.662. The Balaban J connectivity index is 1.96. The molecule has 1 N–H and O–H groups in total. The number of rotatable bonds is 3. The fourth-order valence-corrected chi connectivity index (χ4v) is 2.73. The Morgan fingerprint density at radius 2 is 1.71 bits per heavy atom. The van der Waals surface area contributed by atoms with Crippen molar-refractivity contribution in [2.24, 2.45) is 0 Å². The van der Waals surface area contributed by atoms with Crippen LogP contribution < -0.4 is 4.74 Å². The molecule has 0 atom stereocenters. The lowest BCUT2D eigenvalue weighted by molar-refractivity contribution is 0.276. The van der Waals surface area contributed by atoms with Crippen LogP contribution in [0.2, 0.25) is 5.02 Å². The van der Waals surface area contributed by atoms with Gasteiger partial charge >= 0.3 is 0 Å². The van der Waals surface area contributed by atoms with Gasteiger partial charge in [-0.3, -0.25) is 0 Å². The van der Waals surface area contributed by atoms with E-state index in [9.17, 15) is 5.11 Å². The normalized spacial score (nSPS) is 10.8. The number of aliphatic hydroxyl groups excluding tert-OH is 1. The summed E-state index contributed by atoms with van der Waals surface area (Å²) in [5.74, 6) is 1.33. The van der Waals surface area contributed by atoms with Crippen molar-refractivity contribution in [2.45, 2.75) is 6.61 Å². The summed E-state index contributed by atoms with van der Waals surface area (Å²) in [4.78, 5) is 0. The van der Waals surface area contributed by atoms with Crippen molar-refractivity contribution >= 4 is 38.3 Å². The molecule has 0 bridgehead atoms. The fourth-order valence-electron chi connectivity index (χ4n) is 2.16. The van der Waals surface area contributed by atoms with E-state index in [1.165, 1.54) is 0 Å². The molecule has 3 aromatic carbocycles. The molecule has 21 heavy (non-hydrogen) atoms. The first-order valence-corrected chi connectivity index (χ1v) is 7.59. The Morgan fingerprint density at radius 3 is 2.52 bits per heavy atom. The van der Waals surface area contributed by atoms with Gasteiger partial charge in [0.05, 0.1) is 6.61 Å². The summed E-state index contributed by atoms with van der Waals surface area (Å²) in [6, 6.07) is 17.2. The first kappa shape index (κ1) is 14.4. The summed E-state index contributed by atoms with van der Waals surface area (Å²) < 4.78 is 6.91. The van der Waals surface area contributed by atoms with Crippen LogP contribution in [0.4, 0.5) is 0 Å². The number of hydrogen-bond donors (Lipinski definition) is 1. The highest BCUT2D eigenvalue weighted by Crippen LogP contribution is 2.30. The van der Waals surface area contributed by atoms with E-state index < -0.39 is 0 Å². The Bertz CT molecular complexity index is 802. The van der Waals surface area contributed by atoms with Gasteiger partial charge in [-0.2, -0.15) is 0 Å². The van der Waals surface area contributed by atoms with Crippen molar-refractivity contribution < 1.29 is 9.84 Å². The van der Waals surface area contributed by atoms with E-state index in [1.807, 2.05) is 30.3 Å². The van der Waals surface area contributed by atoms with E-state index in [2.05, 4.69) is 22.0 Å². The van der Waals surface area contributed by atoms with Gasteiger partial charge in [-0.05, 0) is 53.2 Å². The smallest absolute Gasteiger partial charge is 0.133 e. The Kier molecular flexibility index (Phi) is 4.15. The van der Waals surface area contributed by atoms with Crippen molar-refractivity contribution in [3.05, 3.63) is 69.7 Å². The maximum absolute atomic E-state index is 9.38. The summed E-state index contributed by atoms with van der Waals surface area (Å²) in [6.07, 6.45) is 0. The maximum atomic E-state index is 9.38. The molecule has 0 aliphatic carbocycles. The molecule has 0 spiro atoms. The minimum atomic E-state index is -0.115. The molecule has 106 valence electrons. The van der Waals surface area contributed by atoms with E-state index >= 15 is 0 Å². The number of hydrogen-bond acceptors (Lipinski definition) is 2. The predicted octanol–water partition coefficient (Wildman–Crippen LogP) is 5.54. The molecule has 0 aliphatic heterocycles. The zero-order valence-electron chi connectivity index (χ0n) is 11.0. The number of aliphatic hydroxyl groups is 1.